The van der Waals surface area contributed by atoms with E-state index in [-0.39, 0.29) is 19.0 Å². The van der Waals surface area contributed by atoms with E-state index < -0.39 is 12.0 Å². The first-order valence-electron chi connectivity index (χ1n) is 9.81. The third-order valence-electron chi connectivity index (χ3n) is 5.10. The van der Waals surface area contributed by atoms with Crippen molar-refractivity contribution >= 4 is 46.0 Å². The summed E-state index contributed by atoms with van der Waals surface area (Å²) in [6, 6.07) is 8.29. The molecule has 0 fully saturated rings. The maximum atomic E-state index is 13.5. The van der Waals surface area contributed by atoms with Gasteiger partial charge in [0.1, 0.15) is 5.76 Å². The lowest BCUT2D eigenvalue weighted by Gasteiger charge is -2.24. The van der Waals surface area contributed by atoms with Crippen LogP contribution in [0.4, 0.5) is 0 Å². The number of aromatic nitrogens is 1. The highest BCUT2D eigenvalue weighted by molar-refractivity contribution is 14.1. The summed E-state index contributed by atoms with van der Waals surface area (Å²) >= 11 is 3.31. The van der Waals surface area contributed by atoms with Crippen LogP contribution in [-0.4, -0.2) is 23.9 Å². The van der Waals surface area contributed by atoms with Gasteiger partial charge >= 0.3 is 5.97 Å². The van der Waals surface area contributed by atoms with Crippen LogP contribution in [0, 0.1) is 3.77 Å². The predicted octanol–water partition coefficient (Wildman–Crippen LogP) is 2.72. The molecule has 164 valence electrons. The van der Waals surface area contributed by atoms with Crippen molar-refractivity contribution in [3.8, 4) is 11.5 Å². The van der Waals surface area contributed by atoms with Crippen molar-refractivity contribution in [3.05, 3.63) is 76.4 Å². The predicted molar refractivity (Wildman–Crippen MR) is 124 cm³/mol. The largest absolute Gasteiger partial charge is 0.463 e. The summed E-state index contributed by atoms with van der Waals surface area (Å²) in [7, 11) is 0. The zero-order valence-electron chi connectivity index (χ0n) is 17.1. The van der Waals surface area contributed by atoms with Crippen molar-refractivity contribution in [3.63, 3.8) is 0 Å². The molecule has 2 aliphatic rings. The van der Waals surface area contributed by atoms with Crippen molar-refractivity contribution in [1.29, 1.82) is 0 Å². The topological polar surface area (TPSA) is 92.3 Å². The monoisotopic (exact) mass is 564 g/mol. The van der Waals surface area contributed by atoms with Gasteiger partial charge in [0.15, 0.2) is 20.1 Å². The second kappa shape index (κ2) is 8.24. The summed E-state index contributed by atoms with van der Waals surface area (Å²) in [5.74, 6) is 1.24. The molecule has 4 heterocycles. The van der Waals surface area contributed by atoms with Gasteiger partial charge in [-0.1, -0.05) is 17.4 Å². The molecule has 0 N–H and O–H groups in total. The van der Waals surface area contributed by atoms with Gasteiger partial charge in [-0.15, -0.1) is 0 Å². The highest BCUT2D eigenvalue weighted by atomic mass is 127. The Morgan fingerprint density at radius 2 is 2.12 bits per heavy atom. The van der Waals surface area contributed by atoms with Gasteiger partial charge in [-0.25, -0.2) is 9.79 Å². The zero-order chi connectivity index (χ0) is 22.4. The molecule has 0 radical (unpaired) electrons. The first kappa shape index (κ1) is 21.0. The van der Waals surface area contributed by atoms with Crippen molar-refractivity contribution in [2.24, 2.45) is 4.99 Å². The molecule has 10 heteroatoms. The summed E-state index contributed by atoms with van der Waals surface area (Å²) in [4.78, 5) is 31.5. The van der Waals surface area contributed by atoms with Gasteiger partial charge < -0.3 is 18.6 Å². The van der Waals surface area contributed by atoms with Crippen LogP contribution in [0.3, 0.4) is 0 Å². The van der Waals surface area contributed by atoms with E-state index in [1.54, 1.807) is 38.1 Å². The normalized spacial score (nSPS) is 17.3. The number of rotatable bonds is 4. The van der Waals surface area contributed by atoms with Crippen LogP contribution in [0.2, 0.25) is 0 Å². The van der Waals surface area contributed by atoms with E-state index in [0.717, 1.165) is 3.77 Å². The Hall–Kier alpha value is -2.86. The van der Waals surface area contributed by atoms with Crippen LogP contribution in [0.25, 0.3) is 6.08 Å². The highest BCUT2D eigenvalue weighted by Crippen LogP contribution is 2.38. The van der Waals surface area contributed by atoms with Crippen molar-refractivity contribution in [2.75, 3.05) is 13.4 Å². The number of carbonyl (C=O) groups is 1. The van der Waals surface area contributed by atoms with E-state index >= 15 is 0 Å². The van der Waals surface area contributed by atoms with E-state index in [1.165, 1.54) is 15.9 Å². The number of hydrogen-bond donors (Lipinski definition) is 0. The minimum Gasteiger partial charge on any atom is -0.463 e. The van der Waals surface area contributed by atoms with Gasteiger partial charge in [0.05, 0.1) is 28.5 Å². The smallest absolute Gasteiger partial charge is 0.338 e. The number of benzene rings is 1. The fourth-order valence-corrected chi connectivity index (χ4v) is 5.19. The Kier molecular flexibility index (Phi) is 5.41. The minimum atomic E-state index is -0.710. The van der Waals surface area contributed by atoms with Gasteiger partial charge in [-0.05, 0) is 66.3 Å². The van der Waals surface area contributed by atoms with Gasteiger partial charge in [0.2, 0.25) is 6.79 Å². The molecule has 0 saturated carbocycles. The number of hydrogen-bond acceptors (Lipinski definition) is 8. The molecule has 3 aromatic rings. The number of nitrogens with zero attached hydrogens (tertiary/aromatic N) is 2. The molecule has 1 aromatic carbocycles. The third-order valence-corrected chi connectivity index (χ3v) is 6.66. The fraction of sp³-hybridized carbons (Fsp3) is 0.227. The molecule has 0 aliphatic carbocycles. The molecule has 2 aromatic heterocycles. The molecule has 1 atom stereocenters. The number of ether oxygens (including phenoxy) is 3. The molecule has 32 heavy (non-hydrogen) atoms. The average Bonchev–Trinajstić information content (AvgIpc) is 3.46. The summed E-state index contributed by atoms with van der Waals surface area (Å²) in [5.41, 5.74) is 1.26. The molecule has 8 nitrogen and oxygen atoms in total. The lowest BCUT2D eigenvalue weighted by atomic mass is 9.95. The van der Waals surface area contributed by atoms with Crippen LogP contribution < -0.4 is 24.4 Å². The molecule has 0 spiro atoms. The van der Waals surface area contributed by atoms with E-state index in [9.17, 15) is 9.59 Å². The minimum absolute atomic E-state index is 0.128. The Balaban J connectivity index is 1.73. The Morgan fingerprint density at radius 1 is 1.31 bits per heavy atom. The molecule has 1 unspecified atom stereocenters. The highest BCUT2D eigenvalue weighted by Gasteiger charge is 2.34. The summed E-state index contributed by atoms with van der Waals surface area (Å²) in [6.07, 6.45) is 1.69. The van der Waals surface area contributed by atoms with Gasteiger partial charge in [-0.3, -0.25) is 9.36 Å². The number of carbonyl (C=O) groups excluding carboxylic acids is 1. The first-order chi connectivity index (χ1) is 15.5. The lowest BCUT2D eigenvalue weighted by Crippen LogP contribution is -2.39. The second-order valence-corrected chi connectivity index (χ2v) is 9.13. The number of furan rings is 1. The van der Waals surface area contributed by atoms with Crippen LogP contribution in [0.5, 0.6) is 11.5 Å². The maximum Gasteiger partial charge on any atom is 0.338 e. The summed E-state index contributed by atoms with van der Waals surface area (Å²) in [6.45, 7) is 3.83. The Bertz CT molecular complexity index is 1450. The number of thiazole rings is 1. The molecule has 0 bridgehead atoms. The van der Waals surface area contributed by atoms with E-state index in [1.807, 2.05) is 12.1 Å². The zero-order valence-corrected chi connectivity index (χ0v) is 20.1. The number of allylic oxidation sites excluding steroid dienone is 1. The van der Waals surface area contributed by atoms with Gasteiger partial charge in [0.25, 0.3) is 5.56 Å². The number of halogens is 1. The van der Waals surface area contributed by atoms with Crippen LogP contribution in [0.1, 0.15) is 31.2 Å². The van der Waals surface area contributed by atoms with Crippen LogP contribution in [0.15, 0.2) is 55.8 Å². The fourth-order valence-electron chi connectivity index (χ4n) is 3.73. The molecule has 0 amide bonds. The first-order valence-corrected chi connectivity index (χ1v) is 11.7. The van der Waals surface area contributed by atoms with E-state index in [0.29, 0.717) is 43.4 Å². The van der Waals surface area contributed by atoms with Crippen molar-refractivity contribution in [1.82, 2.24) is 4.57 Å². The van der Waals surface area contributed by atoms with Crippen molar-refractivity contribution < 1.29 is 23.4 Å². The molecule has 2 aliphatic heterocycles. The average molecular weight is 564 g/mol. The van der Waals surface area contributed by atoms with Crippen LogP contribution in [-0.2, 0) is 9.53 Å². The third kappa shape index (κ3) is 3.56. The van der Waals surface area contributed by atoms with Crippen molar-refractivity contribution in [2.45, 2.75) is 19.9 Å². The molecule has 5 rings (SSSR count). The second-order valence-electron chi connectivity index (χ2n) is 7.06. The standard InChI is InChI=1S/C22H17IN2O6S/c1-3-28-21(27)18-11(2)24-22-25(19(18)12-4-6-14-15(8-12)30-10-29-14)20(26)16(32-22)9-13-5-7-17(23)31-13/h4-9,19H,3,10H2,1-2H3/b16-9+. The Morgan fingerprint density at radius 3 is 2.88 bits per heavy atom. The summed E-state index contributed by atoms with van der Waals surface area (Å²) in [5, 5.41) is 0. The molecule has 0 saturated heterocycles. The van der Waals surface area contributed by atoms with Crippen LogP contribution >= 0.6 is 33.9 Å². The van der Waals surface area contributed by atoms with E-state index in [4.69, 9.17) is 18.6 Å². The molecular weight excluding hydrogens is 547 g/mol. The van der Waals surface area contributed by atoms with E-state index in [2.05, 4.69) is 27.6 Å². The number of esters is 1. The SMILES string of the molecule is CCOC(=O)C1=C(C)N=c2s/c(=C/c3ccc(I)o3)c(=O)n2C1c1ccc2c(c1)OCO2. The van der Waals surface area contributed by atoms with Gasteiger partial charge in [0, 0.05) is 6.08 Å². The quantitative estimate of drug-likeness (QED) is 0.358. The Labute approximate surface area is 199 Å². The number of fused-ring (bicyclic) bond motifs is 2. The maximum absolute atomic E-state index is 13.5. The van der Waals surface area contributed by atoms with Gasteiger partial charge in [-0.2, -0.15) is 0 Å². The summed E-state index contributed by atoms with van der Waals surface area (Å²) < 4.78 is 24.5. The lowest BCUT2D eigenvalue weighted by molar-refractivity contribution is -0.139. The molecular formula is C22H17IN2O6S.